The Labute approximate surface area is 129 Å². The van der Waals surface area contributed by atoms with Crippen LogP contribution in [0.3, 0.4) is 0 Å². The van der Waals surface area contributed by atoms with Crippen LogP contribution in [0.25, 0.3) is 16.5 Å². The molecule has 0 saturated heterocycles. The summed E-state index contributed by atoms with van der Waals surface area (Å²) in [5.41, 5.74) is 1.20. The first-order valence-electron chi connectivity index (χ1n) is 6.64. The molecule has 3 rings (SSSR count). The predicted molar refractivity (Wildman–Crippen MR) is 87.2 cm³/mol. The van der Waals surface area contributed by atoms with Crippen molar-refractivity contribution in [1.82, 2.24) is 9.78 Å². The van der Waals surface area contributed by atoms with Crippen LogP contribution in [0.2, 0.25) is 0 Å². The highest BCUT2D eigenvalue weighted by atomic mass is 79.9. The third-order valence-corrected chi connectivity index (χ3v) is 3.98. The van der Waals surface area contributed by atoms with Gasteiger partial charge in [0.15, 0.2) is 0 Å². The van der Waals surface area contributed by atoms with Gasteiger partial charge in [-0.2, -0.15) is 0 Å². The van der Waals surface area contributed by atoms with E-state index in [1.807, 2.05) is 25.1 Å². The fraction of sp³-hybridized carbons (Fsp3) is 0.125. The Morgan fingerprint density at radius 1 is 1.10 bits per heavy atom. The molecule has 21 heavy (non-hydrogen) atoms. The summed E-state index contributed by atoms with van der Waals surface area (Å²) in [5, 5.41) is 3.50. The van der Waals surface area contributed by atoms with E-state index in [-0.39, 0.29) is 11.1 Å². The largest absolute Gasteiger partial charge is 0.277 e. The molecule has 0 bridgehead atoms. The average Bonchev–Trinajstić information content (AvgIpc) is 2.51. The molecular weight excluding hydrogens is 332 g/mol. The number of fused-ring (bicyclic) bond motifs is 1. The third kappa shape index (κ3) is 2.34. The summed E-state index contributed by atoms with van der Waals surface area (Å²) in [5.74, 6) is 0. The van der Waals surface area contributed by atoms with Gasteiger partial charge in [0.05, 0.1) is 16.5 Å². The van der Waals surface area contributed by atoms with Gasteiger partial charge >= 0.3 is 0 Å². The van der Waals surface area contributed by atoms with Gasteiger partial charge in [0.2, 0.25) is 0 Å². The van der Waals surface area contributed by atoms with Crippen LogP contribution in [0, 0.1) is 0 Å². The number of halogens is 1. The summed E-state index contributed by atoms with van der Waals surface area (Å²) >= 11 is 3.42. The Hall–Kier alpha value is -2.14. The van der Waals surface area contributed by atoms with Crippen molar-refractivity contribution in [3.8, 4) is 5.69 Å². The minimum atomic E-state index is -0.268. The quantitative estimate of drug-likeness (QED) is 0.776. The Kier molecular flexibility index (Phi) is 3.51. The first kappa shape index (κ1) is 13.8. The molecule has 0 fully saturated rings. The van der Waals surface area contributed by atoms with Crippen molar-refractivity contribution in [2.45, 2.75) is 13.3 Å². The molecule has 2 aromatic carbocycles. The smallest absolute Gasteiger partial charge is 0.267 e. The van der Waals surface area contributed by atoms with Crippen molar-refractivity contribution in [1.29, 1.82) is 0 Å². The molecule has 1 heterocycles. The lowest BCUT2D eigenvalue weighted by atomic mass is 10.1. The van der Waals surface area contributed by atoms with Gasteiger partial charge < -0.3 is 0 Å². The highest BCUT2D eigenvalue weighted by Crippen LogP contribution is 2.19. The maximum atomic E-state index is 12.6. The summed E-state index contributed by atoms with van der Waals surface area (Å²) in [4.78, 5) is 24.8. The van der Waals surface area contributed by atoms with Gasteiger partial charge in [-0.3, -0.25) is 14.7 Å². The van der Waals surface area contributed by atoms with E-state index in [0.717, 1.165) is 16.5 Å². The summed E-state index contributed by atoms with van der Waals surface area (Å²) in [6.07, 6.45) is 0.760. The fourth-order valence-corrected chi connectivity index (χ4v) is 2.83. The van der Waals surface area contributed by atoms with Crippen molar-refractivity contribution >= 4 is 26.7 Å². The molecule has 106 valence electrons. The number of H-pyrrole nitrogens is 1. The Morgan fingerprint density at radius 3 is 2.52 bits per heavy atom. The number of hydrogen-bond acceptors (Lipinski definition) is 2. The van der Waals surface area contributed by atoms with E-state index in [9.17, 15) is 9.59 Å². The van der Waals surface area contributed by atoms with Crippen LogP contribution in [0.15, 0.2) is 56.5 Å². The third-order valence-electron chi connectivity index (χ3n) is 3.48. The van der Waals surface area contributed by atoms with Gasteiger partial charge in [-0.05, 0) is 42.3 Å². The number of nitrogens with one attached hydrogen (secondary N) is 1. The number of aromatic amines is 1. The summed E-state index contributed by atoms with van der Waals surface area (Å²) in [6.45, 7) is 2.01. The molecule has 0 unspecified atom stereocenters. The Bertz CT molecular complexity index is 941. The standard InChI is InChI=1S/C16H13BrN2O2/c1-2-10-9-11(17)7-8-14(10)19-16(21)13-6-4-3-5-12(13)15(20)18-19/h3-9H,2H2,1H3,(H,18,20). The van der Waals surface area contributed by atoms with E-state index in [1.54, 1.807) is 24.3 Å². The molecule has 0 saturated carbocycles. The first-order valence-corrected chi connectivity index (χ1v) is 7.44. The molecule has 5 heteroatoms. The van der Waals surface area contributed by atoms with Gasteiger partial charge in [0, 0.05) is 4.47 Å². The van der Waals surface area contributed by atoms with Crippen LogP contribution in [-0.4, -0.2) is 9.78 Å². The van der Waals surface area contributed by atoms with E-state index < -0.39 is 0 Å². The second-order valence-corrected chi connectivity index (χ2v) is 5.67. The van der Waals surface area contributed by atoms with Crippen molar-refractivity contribution in [3.05, 3.63) is 73.2 Å². The highest BCUT2D eigenvalue weighted by Gasteiger charge is 2.11. The SMILES string of the molecule is CCc1cc(Br)ccc1-n1[nH]c(=O)c2ccccc2c1=O. The van der Waals surface area contributed by atoms with Gasteiger partial charge in [-0.25, -0.2) is 4.68 Å². The van der Waals surface area contributed by atoms with Crippen LogP contribution in [0.4, 0.5) is 0 Å². The lowest BCUT2D eigenvalue weighted by Crippen LogP contribution is -2.29. The number of aryl methyl sites for hydroxylation is 1. The second-order valence-electron chi connectivity index (χ2n) is 4.75. The molecule has 3 aromatic rings. The highest BCUT2D eigenvalue weighted by molar-refractivity contribution is 9.10. The van der Waals surface area contributed by atoms with E-state index in [2.05, 4.69) is 21.0 Å². The number of hydrogen-bond donors (Lipinski definition) is 1. The van der Waals surface area contributed by atoms with Gasteiger partial charge in [-0.1, -0.05) is 35.0 Å². The molecule has 0 atom stereocenters. The minimum absolute atomic E-state index is 0.220. The van der Waals surface area contributed by atoms with Crippen LogP contribution in [0.1, 0.15) is 12.5 Å². The van der Waals surface area contributed by atoms with Gasteiger partial charge in [-0.15, -0.1) is 0 Å². The maximum absolute atomic E-state index is 12.6. The van der Waals surface area contributed by atoms with Crippen LogP contribution in [-0.2, 0) is 6.42 Å². The monoisotopic (exact) mass is 344 g/mol. The van der Waals surface area contributed by atoms with Crippen molar-refractivity contribution in [2.75, 3.05) is 0 Å². The molecule has 4 nitrogen and oxygen atoms in total. The predicted octanol–water partition coefficient (Wildman–Crippen LogP) is 3.00. The molecule has 0 aliphatic carbocycles. The van der Waals surface area contributed by atoms with Crippen LogP contribution < -0.4 is 11.1 Å². The first-order chi connectivity index (χ1) is 10.1. The summed E-state index contributed by atoms with van der Waals surface area (Å²) < 4.78 is 2.27. The van der Waals surface area contributed by atoms with Crippen molar-refractivity contribution < 1.29 is 0 Å². The molecule has 0 aliphatic rings. The Morgan fingerprint density at radius 2 is 1.81 bits per heavy atom. The van der Waals surface area contributed by atoms with Crippen molar-refractivity contribution in [3.63, 3.8) is 0 Å². The number of benzene rings is 2. The van der Waals surface area contributed by atoms with E-state index >= 15 is 0 Å². The zero-order valence-electron chi connectivity index (χ0n) is 11.4. The number of rotatable bonds is 2. The molecule has 0 spiro atoms. The zero-order valence-corrected chi connectivity index (χ0v) is 13.0. The fourth-order valence-electron chi connectivity index (χ4n) is 2.43. The molecule has 0 amide bonds. The normalized spacial score (nSPS) is 11.0. The zero-order chi connectivity index (χ0) is 15.0. The Balaban J connectivity index is 2.39. The van der Waals surface area contributed by atoms with Crippen LogP contribution in [0.5, 0.6) is 0 Å². The summed E-state index contributed by atoms with van der Waals surface area (Å²) in [6, 6.07) is 12.5. The molecular formula is C16H13BrN2O2. The lowest BCUT2D eigenvalue weighted by Gasteiger charge is -2.11. The lowest BCUT2D eigenvalue weighted by molar-refractivity contribution is 0.790. The molecule has 1 aromatic heterocycles. The maximum Gasteiger partial charge on any atom is 0.277 e. The topological polar surface area (TPSA) is 54.9 Å². The second kappa shape index (κ2) is 5.33. The minimum Gasteiger partial charge on any atom is -0.267 e. The van der Waals surface area contributed by atoms with E-state index in [4.69, 9.17) is 0 Å². The molecule has 0 aliphatic heterocycles. The number of nitrogens with zero attached hydrogens (tertiary/aromatic N) is 1. The molecule has 1 N–H and O–H groups in total. The summed E-state index contributed by atoms with van der Waals surface area (Å²) in [7, 11) is 0. The average molecular weight is 345 g/mol. The van der Waals surface area contributed by atoms with Crippen molar-refractivity contribution in [2.24, 2.45) is 0 Å². The van der Waals surface area contributed by atoms with Gasteiger partial charge in [0.1, 0.15) is 0 Å². The molecule has 0 radical (unpaired) electrons. The van der Waals surface area contributed by atoms with Crippen LogP contribution >= 0.6 is 15.9 Å². The van der Waals surface area contributed by atoms with Gasteiger partial charge in [0.25, 0.3) is 11.1 Å². The number of aromatic nitrogens is 2. The van der Waals surface area contributed by atoms with E-state index in [1.165, 1.54) is 4.68 Å². The van der Waals surface area contributed by atoms with E-state index in [0.29, 0.717) is 16.5 Å².